The molecule has 0 N–H and O–H groups in total. The fourth-order valence-corrected chi connectivity index (χ4v) is 2.19. The lowest BCUT2D eigenvalue weighted by Crippen LogP contribution is -2.40. The molecule has 16 heavy (non-hydrogen) atoms. The number of benzene rings is 1. The van der Waals surface area contributed by atoms with E-state index < -0.39 is 6.23 Å². The van der Waals surface area contributed by atoms with Gasteiger partial charge in [-0.25, -0.2) is 0 Å². The maximum atomic E-state index is 11.9. The summed E-state index contributed by atoms with van der Waals surface area (Å²) >= 11 is 3.31. The van der Waals surface area contributed by atoms with Gasteiger partial charge in [-0.1, -0.05) is 15.9 Å². The molecule has 1 amide bonds. The van der Waals surface area contributed by atoms with Crippen LogP contribution in [-0.2, 0) is 9.53 Å². The van der Waals surface area contributed by atoms with Gasteiger partial charge in [0.25, 0.3) is 0 Å². The third-order valence-corrected chi connectivity index (χ3v) is 3.00. The molecule has 2 rings (SSSR count). The number of fused-ring (bicyclic) bond motifs is 1. The van der Waals surface area contributed by atoms with Crippen LogP contribution in [0, 0.1) is 0 Å². The van der Waals surface area contributed by atoms with Crippen molar-refractivity contribution in [3.63, 3.8) is 0 Å². The van der Waals surface area contributed by atoms with Crippen LogP contribution in [0.2, 0.25) is 0 Å². The summed E-state index contributed by atoms with van der Waals surface area (Å²) in [6, 6.07) is 5.21. The molecule has 1 aromatic carbocycles. The van der Waals surface area contributed by atoms with E-state index in [9.17, 15) is 9.59 Å². The highest BCUT2D eigenvalue weighted by Gasteiger charge is 2.39. The molecule has 0 saturated heterocycles. The molecule has 0 bridgehead atoms. The first kappa shape index (κ1) is 11.3. The van der Waals surface area contributed by atoms with E-state index in [1.54, 1.807) is 18.2 Å². The summed E-state index contributed by atoms with van der Waals surface area (Å²) in [6.07, 6.45) is -0.832. The van der Waals surface area contributed by atoms with E-state index in [-0.39, 0.29) is 11.7 Å². The van der Waals surface area contributed by atoms with Crippen molar-refractivity contribution in [2.45, 2.75) is 13.2 Å². The Morgan fingerprint density at radius 2 is 2.19 bits per heavy atom. The van der Waals surface area contributed by atoms with Gasteiger partial charge in [0.15, 0.2) is 0 Å². The quantitative estimate of drug-likeness (QED) is 0.792. The summed E-state index contributed by atoms with van der Waals surface area (Å²) in [7, 11) is 1.42. The number of anilines is 1. The maximum Gasteiger partial charge on any atom is 0.226 e. The SMILES string of the molecule is COC1C(=O)c2ccc(Br)cc2N1C(C)=O. The second-order valence-corrected chi connectivity index (χ2v) is 4.42. The van der Waals surface area contributed by atoms with Gasteiger partial charge in [0.2, 0.25) is 17.9 Å². The van der Waals surface area contributed by atoms with Gasteiger partial charge in [0.05, 0.1) is 5.69 Å². The average Bonchev–Trinajstić information content (AvgIpc) is 2.50. The highest BCUT2D eigenvalue weighted by Crippen LogP contribution is 2.34. The van der Waals surface area contributed by atoms with Crippen LogP contribution < -0.4 is 4.90 Å². The Balaban J connectivity index is 2.59. The number of Topliss-reactive ketones (excluding diaryl/α,β-unsaturated/α-hetero) is 1. The molecule has 0 spiro atoms. The highest BCUT2D eigenvalue weighted by molar-refractivity contribution is 9.10. The number of amides is 1. The van der Waals surface area contributed by atoms with Crippen LogP contribution in [0.1, 0.15) is 17.3 Å². The Morgan fingerprint density at radius 3 is 2.75 bits per heavy atom. The molecule has 0 radical (unpaired) electrons. The van der Waals surface area contributed by atoms with Crippen molar-refractivity contribution >= 4 is 33.3 Å². The van der Waals surface area contributed by atoms with E-state index >= 15 is 0 Å². The lowest BCUT2D eigenvalue weighted by atomic mass is 10.1. The number of hydrogen-bond donors (Lipinski definition) is 0. The zero-order valence-electron chi connectivity index (χ0n) is 8.86. The van der Waals surface area contributed by atoms with E-state index in [0.717, 1.165) is 4.47 Å². The molecule has 0 saturated carbocycles. The second kappa shape index (κ2) is 3.99. The van der Waals surface area contributed by atoms with E-state index in [1.165, 1.54) is 18.9 Å². The van der Waals surface area contributed by atoms with Crippen LogP contribution in [0.3, 0.4) is 0 Å². The first-order valence-electron chi connectivity index (χ1n) is 4.72. The first-order valence-corrected chi connectivity index (χ1v) is 5.52. The Labute approximate surface area is 101 Å². The molecular formula is C11H10BrNO3. The van der Waals surface area contributed by atoms with Crippen molar-refractivity contribution in [1.82, 2.24) is 0 Å². The minimum atomic E-state index is -0.832. The van der Waals surface area contributed by atoms with Crippen molar-refractivity contribution in [3.05, 3.63) is 28.2 Å². The molecule has 1 unspecified atom stereocenters. The van der Waals surface area contributed by atoms with Gasteiger partial charge in [-0.2, -0.15) is 0 Å². The van der Waals surface area contributed by atoms with Crippen molar-refractivity contribution in [3.8, 4) is 0 Å². The zero-order valence-corrected chi connectivity index (χ0v) is 10.4. The summed E-state index contributed by atoms with van der Waals surface area (Å²) in [5, 5.41) is 0. The minimum absolute atomic E-state index is 0.180. The van der Waals surface area contributed by atoms with Crippen LogP contribution in [0.4, 0.5) is 5.69 Å². The summed E-state index contributed by atoms with van der Waals surface area (Å²) in [6.45, 7) is 1.41. The maximum absolute atomic E-state index is 11.9. The van der Waals surface area contributed by atoms with E-state index in [0.29, 0.717) is 11.3 Å². The Kier molecular flexibility index (Phi) is 2.82. The fraction of sp³-hybridized carbons (Fsp3) is 0.273. The smallest absolute Gasteiger partial charge is 0.226 e. The monoisotopic (exact) mass is 283 g/mol. The van der Waals surface area contributed by atoms with Gasteiger partial charge in [0, 0.05) is 24.1 Å². The van der Waals surface area contributed by atoms with Gasteiger partial charge in [-0.05, 0) is 18.2 Å². The number of rotatable bonds is 1. The third-order valence-electron chi connectivity index (χ3n) is 2.51. The number of nitrogens with zero attached hydrogens (tertiary/aromatic N) is 1. The lowest BCUT2D eigenvalue weighted by Gasteiger charge is -2.21. The van der Waals surface area contributed by atoms with Crippen LogP contribution >= 0.6 is 15.9 Å². The van der Waals surface area contributed by atoms with Gasteiger partial charge in [-0.3, -0.25) is 14.5 Å². The summed E-state index contributed by atoms with van der Waals surface area (Å²) in [4.78, 5) is 24.8. The molecule has 1 aliphatic heterocycles. The van der Waals surface area contributed by atoms with Crippen molar-refractivity contribution < 1.29 is 14.3 Å². The number of ketones is 1. The Hall–Kier alpha value is -1.20. The third kappa shape index (κ3) is 1.56. The predicted molar refractivity (Wildman–Crippen MR) is 62.4 cm³/mol. The molecular weight excluding hydrogens is 274 g/mol. The van der Waals surface area contributed by atoms with Gasteiger partial charge in [-0.15, -0.1) is 0 Å². The molecule has 1 aliphatic rings. The summed E-state index contributed by atoms with van der Waals surface area (Å²) < 4.78 is 5.88. The molecule has 84 valence electrons. The van der Waals surface area contributed by atoms with Crippen LogP contribution in [0.25, 0.3) is 0 Å². The fourth-order valence-electron chi connectivity index (χ4n) is 1.84. The lowest BCUT2D eigenvalue weighted by molar-refractivity contribution is -0.118. The summed E-state index contributed by atoms with van der Waals surface area (Å²) in [5.74, 6) is -0.391. The summed E-state index contributed by atoms with van der Waals surface area (Å²) in [5.41, 5.74) is 1.11. The van der Waals surface area contributed by atoms with Crippen LogP contribution in [0.15, 0.2) is 22.7 Å². The normalized spacial score (nSPS) is 18.8. The van der Waals surface area contributed by atoms with Crippen molar-refractivity contribution in [2.24, 2.45) is 0 Å². The van der Waals surface area contributed by atoms with Gasteiger partial charge in [0.1, 0.15) is 0 Å². The Bertz CT molecular complexity index is 472. The topological polar surface area (TPSA) is 46.6 Å². The number of carbonyl (C=O) groups excluding carboxylic acids is 2. The number of halogens is 1. The molecule has 1 atom stereocenters. The number of carbonyl (C=O) groups is 2. The molecule has 1 heterocycles. The van der Waals surface area contributed by atoms with E-state index in [1.807, 2.05) is 0 Å². The van der Waals surface area contributed by atoms with Crippen LogP contribution in [0.5, 0.6) is 0 Å². The first-order chi connectivity index (χ1) is 7.56. The molecule has 5 heteroatoms. The predicted octanol–water partition coefficient (Wildman–Crippen LogP) is 1.97. The number of ether oxygens (including phenoxy) is 1. The van der Waals surface area contributed by atoms with E-state index in [4.69, 9.17) is 4.74 Å². The minimum Gasteiger partial charge on any atom is -0.354 e. The number of hydrogen-bond acceptors (Lipinski definition) is 3. The standard InChI is InChI=1S/C11H10BrNO3/c1-6(14)13-9-5-7(12)3-4-8(9)10(15)11(13)16-2/h3-5,11H,1-2H3. The molecule has 4 nitrogen and oxygen atoms in total. The van der Waals surface area contributed by atoms with Gasteiger partial charge >= 0.3 is 0 Å². The average molecular weight is 284 g/mol. The molecule has 0 aliphatic carbocycles. The van der Waals surface area contributed by atoms with Gasteiger partial charge < -0.3 is 4.74 Å². The molecule has 1 aromatic rings. The van der Waals surface area contributed by atoms with Crippen molar-refractivity contribution in [1.29, 1.82) is 0 Å². The second-order valence-electron chi connectivity index (χ2n) is 3.50. The molecule has 0 fully saturated rings. The molecule has 0 aromatic heterocycles. The van der Waals surface area contributed by atoms with Crippen molar-refractivity contribution in [2.75, 3.05) is 12.0 Å². The zero-order chi connectivity index (χ0) is 11.9. The Morgan fingerprint density at radius 1 is 1.50 bits per heavy atom. The number of methoxy groups -OCH3 is 1. The van der Waals surface area contributed by atoms with E-state index in [2.05, 4.69) is 15.9 Å². The highest BCUT2D eigenvalue weighted by atomic mass is 79.9. The van der Waals surface area contributed by atoms with Crippen LogP contribution in [-0.4, -0.2) is 25.0 Å². The largest absolute Gasteiger partial charge is 0.354 e.